The molecule has 0 aliphatic carbocycles. The third-order valence-electron chi connectivity index (χ3n) is 2.94. The van der Waals surface area contributed by atoms with Crippen LogP contribution < -0.4 is 0 Å². The summed E-state index contributed by atoms with van der Waals surface area (Å²) in [4.78, 5) is 13.7. The molecule has 1 aromatic carbocycles. The average Bonchev–Trinajstić information content (AvgIpc) is 2.29. The van der Waals surface area contributed by atoms with E-state index in [1.807, 2.05) is 0 Å². The molecule has 1 aliphatic heterocycles. The maximum Gasteiger partial charge on any atom is 0.253 e. The van der Waals surface area contributed by atoms with Gasteiger partial charge in [-0.1, -0.05) is 11.6 Å². The monoisotopic (exact) mass is 255 g/mol. The first-order chi connectivity index (χ1) is 7.98. The quantitative estimate of drug-likeness (QED) is 0.743. The molecule has 0 spiro atoms. The molecule has 2 rings (SSSR count). The summed E-state index contributed by atoms with van der Waals surface area (Å²) < 4.78 is 0. The van der Waals surface area contributed by atoms with Gasteiger partial charge in [-0.2, -0.15) is 0 Å². The molecule has 0 radical (unpaired) electrons. The number of rotatable bonds is 1. The number of nitrogens with zero attached hydrogens (tertiary/aromatic N) is 1. The molecule has 4 nitrogen and oxygen atoms in total. The molecular weight excluding hydrogens is 242 g/mol. The first-order valence-electron chi connectivity index (χ1n) is 5.47. The molecule has 92 valence electrons. The Morgan fingerprint density at radius 3 is 2.24 bits per heavy atom. The molecule has 1 saturated heterocycles. The van der Waals surface area contributed by atoms with E-state index < -0.39 is 5.79 Å². The first-order valence-corrected chi connectivity index (χ1v) is 5.85. The van der Waals surface area contributed by atoms with E-state index in [2.05, 4.69) is 0 Å². The molecule has 1 aromatic rings. The van der Waals surface area contributed by atoms with Crippen molar-refractivity contribution in [2.75, 3.05) is 13.1 Å². The third kappa shape index (κ3) is 2.97. The molecule has 0 unspecified atom stereocenters. The zero-order valence-electron chi connectivity index (χ0n) is 9.27. The van der Waals surface area contributed by atoms with Crippen molar-refractivity contribution in [3.05, 3.63) is 34.9 Å². The fourth-order valence-electron chi connectivity index (χ4n) is 1.84. The number of hydrogen-bond acceptors (Lipinski definition) is 3. The van der Waals surface area contributed by atoms with Crippen LogP contribution in [0, 0.1) is 0 Å². The highest BCUT2D eigenvalue weighted by Crippen LogP contribution is 2.21. The largest absolute Gasteiger partial charge is 0.365 e. The summed E-state index contributed by atoms with van der Waals surface area (Å²) in [6.07, 6.45) is 0.374. The molecule has 1 heterocycles. The number of piperidine rings is 1. The van der Waals surface area contributed by atoms with Gasteiger partial charge in [0.25, 0.3) is 5.91 Å². The molecule has 0 bridgehead atoms. The van der Waals surface area contributed by atoms with Crippen LogP contribution in [0.4, 0.5) is 0 Å². The van der Waals surface area contributed by atoms with E-state index in [1.54, 1.807) is 29.2 Å². The molecule has 1 amide bonds. The second-order valence-corrected chi connectivity index (χ2v) is 4.72. The zero-order valence-corrected chi connectivity index (χ0v) is 10.0. The predicted molar refractivity (Wildman–Crippen MR) is 63.8 cm³/mol. The Kier molecular flexibility index (Phi) is 3.38. The van der Waals surface area contributed by atoms with Gasteiger partial charge in [0.2, 0.25) is 0 Å². The molecule has 0 atom stereocenters. The highest BCUT2D eigenvalue weighted by Gasteiger charge is 2.31. The fraction of sp³-hybridized carbons (Fsp3) is 0.417. The summed E-state index contributed by atoms with van der Waals surface area (Å²) in [7, 11) is 0. The minimum Gasteiger partial charge on any atom is -0.365 e. The lowest BCUT2D eigenvalue weighted by atomic mass is 10.0. The standard InChI is InChI=1S/C12H14ClNO3/c13-10-3-1-9(2-4-10)11(15)14-7-5-12(16,17)6-8-14/h1-4,16-17H,5-8H2. The molecule has 0 saturated carbocycles. The maximum absolute atomic E-state index is 12.0. The van der Waals surface area contributed by atoms with Crippen molar-refractivity contribution >= 4 is 17.5 Å². The van der Waals surface area contributed by atoms with E-state index in [1.165, 1.54) is 0 Å². The first kappa shape index (κ1) is 12.4. The van der Waals surface area contributed by atoms with E-state index in [-0.39, 0.29) is 18.7 Å². The minimum atomic E-state index is -1.63. The van der Waals surface area contributed by atoms with Gasteiger partial charge in [0.15, 0.2) is 5.79 Å². The Labute approximate surface area is 104 Å². The lowest BCUT2D eigenvalue weighted by Gasteiger charge is -2.34. The van der Waals surface area contributed by atoms with E-state index in [0.29, 0.717) is 23.7 Å². The number of carbonyl (C=O) groups excluding carboxylic acids is 1. The van der Waals surface area contributed by atoms with E-state index in [4.69, 9.17) is 11.6 Å². The molecule has 1 aliphatic rings. The van der Waals surface area contributed by atoms with E-state index >= 15 is 0 Å². The normalized spacial score (nSPS) is 19.1. The molecule has 1 fully saturated rings. The zero-order chi connectivity index (χ0) is 12.5. The Bertz CT molecular complexity index is 406. The number of likely N-dealkylation sites (tertiary alicyclic amines) is 1. The number of amides is 1. The fourth-order valence-corrected chi connectivity index (χ4v) is 1.97. The summed E-state index contributed by atoms with van der Waals surface area (Å²) in [5.41, 5.74) is 0.567. The van der Waals surface area contributed by atoms with Gasteiger partial charge >= 0.3 is 0 Å². The highest BCUT2D eigenvalue weighted by atomic mass is 35.5. The van der Waals surface area contributed by atoms with Crippen LogP contribution in [0.15, 0.2) is 24.3 Å². The summed E-state index contributed by atoms with van der Waals surface area (Å²) >= 11 is 5.75. The minimum absolute atomic E-state index is 0.0998. The van der Waals surface area contributed by atoms with Gasteiger partial charge in [-0.25, -0.2) is 0 Å². The predicted octanol–water partition coefficient (Wildman–Crippen LogP) is 1.26. The number of halogens is 1. The average molecular weight is 256 g/mol. The van der Waals surface area contributed by atoms with Crippen molar-refractivity contribution < 1.29 is 15.0 Å². The molecular formula is C12H14ClNO3. The summed E-state index contributed by atoms with van der Waals surface area (Å²) in [6, 6.07) is 6.68. The van der Waals surface area contributed by atoms with Crippen LogP contribution in [-0.2, 0) is 0 Å². The van der Waals surface area contributed by atoms with Gasteiger partial charge in [-0.3, -0.25) is 4.79 Å². The Hall–Kier alpha value is -1.10. The van der Waals surface area contributed by atoms with Crippen LogP contribution in [0.5, 0.6) is 0 Å². The summed E-state index contributed by atoms with van der Waals surface area (Å²) in [5, 5.41) is 19.4. The van der Waals surface area contributed by atoms with Crippen LogP contribution in [0.3, 0.4) is 0 Å². The van der Waals surface area contributed by atoms with Gasteiger partial charge in [0.05, 0.1) is 0 Å². The van der Waals surface area contributed by atoms with Gasteiger partial charge in [-0.15, -0.1) is 0 Å². The Morgan fingerprint density at radius 2 is 1.71 bits per heavy atom. The van der Waals surface area contributed by atoms with Crippen molar-refractivity contribution in [2.45, 2.75) is 18.6 Å². The van der Waals surface area contributed by atoms with Crippen molar-refractivity contribution in [3.8, 4) is 0 Å². The van der Waals surface area contributed by atoms with Gasteiger partial charge in [0.1, 0.15) is 0 Å². The van der Waals surface area contributed by atoms with Gasteiger partial charge < -0.3 is 15.1 Å². The SMILES string of the molecule is O=C(c1ccc(Cl)cc1)N1CCC(O)(O)CC1. The smallest absolute Gasteiger partial charge is 0.253 e. The maximum atomic E-state index is 12.0. The summed E-state index contributed by atoms with van der Waals surface area (Å²) in [6.45, 7) is 0.711. The number of hydrogen-bond donors (Lipinski definition) is 2. The Balaban J connectivity index is 2.04. The van der Waals surface area contributed by atoms with E-state index in [9.17, 15) is 15.0 Å². The Morgan fingerprint density at radius 1 is 1.18 bits per heavy atom. The number of carbonyl (C=O) groups is 1. The molecule has 17 heavy (non-hydrogen) atoms. The highest BCUT2D eigenvalue weighted by molar-refractivity contribution is 6.30. The van der Waals surface area contributed by atoms with Gasteiger partial charge in [-0.05, 0) is 24.3 Å². The van der Waals surface area contributed by atoms with Gasteiger partial charge in [0, 0.05) is 36.5 Å². The molecule has 2 N–H and O–H groups in total. The third-order valence-corrected chi connectivity index (χ3v) is 3.19. The lowest BCUT2D eigenvalue weighted by Crippen LogP contribution is -2.46. The van der Waals surface area contributed by atoms with Crippen LogP contribution in [-0.4, -0.2) is 39.9 Å². The van der Waals surface area contributed by atoms with Crippen LogP contribution in [0.2, 0.25) is 5.02 Å². The van der Waals surface area contributed by atoms with Crippen molar-refractivity contribution in [3.63, 3.8) is 0 Å². The number of aliphatic hydroxyl groups is 2. The van der Waals surface area contributed by atoms with Crippen LogP contribution >= 0.6 is 11.6 Å². The van der Waals surface area contributed by atoms with Crippen LogP contribution in [0.1, 0.15) is 23.2 Å². The van der Waals surface area contributed by atoms with E-state index in [0.717, 1.165) is 0 Å². The van der Waals surface area contributed by atoms with Crippen LogP contribution in [0.25, 0.3) is 0 Å². The van der Waals surface area contributed by atoms with Crippen molar-refractivity contribution in [1.82, 2.24) is 4.90 Å². The van der Waals surface area contributed by atoms with Crippen molar-refractivity contribution in [2.24, 2.45) is 0 Å². The van der Waals surface area contributed by atoms with Crippen molar-refractivity contribution in [1.29, 1.82) is 0 Å². The molecule has 0 aromatic heterocycles. The second kappa shape index (κ2) is 4.64. The molecule has 5 heteroatoms. The lowest BCUT2D eigenvalue weighted by molar-refractivity contribution is -0.185. The summed E-state index contributed by atoms with van der Waals surface area (Å²) in [5.74, 6) is -1.73. The number of benzene rings is 1. The topological polar surface area (TPSA) is 60.8 Å². The second-order valence-electron chi connectivity index (χ2n) is 4.28.